The highest BCUT2D eigenvalue weighted by Crippen LogP contribution is 2.32. The monoisotopic (exact) mass is 199 g/mol. The van der Waals surface area contributed by atoms with E-state index in [0.717, 1.165) is 0 Å². The second-order valence-electron chi connectivity index (χ2n) is 3.46. The summed E-state index contributed by atoms with van der Waals surface area (Å²) in [7, 11) is 1.69. The van der Waals surface area contributed by atoms with Crippen LogP contribution in [0.25, 0.3) is 0 Å². The fourth-order valence-corrected chi connectivity index (χ4v) is 1.29. The number of halogens is 2. The van der Waals surface area contributed by atoms with E-state index < -0.39 is 5.92 Å². The maximum Gasteiger partial charge on any atom is 0.274 e. The van der Waals surface area contributed by atoms with E-state index in [4.69, 9.17) is 0 Å². The summed E-state index contributed by atoms with van der Waals surface area (Å²) >= 11 is 0. The van der Waals surface area contributed by atoms with Gasteiger partial charge in [-0.05, 0) is 14.0 Å². The fraction of sp³-hybridized carbons (Fsp3) is 0.455. The normalized spacial score (nSPS) is 14.0. The summed E-state index contributed by atoms with van der Waals surface area (Å²) < 4.78 is 27.1. The third-order valence-corrected chi connectivity index (χ3v) is 2.25. The second kappa shape index (κ2) is 4.51. The Bertz CT molecular complexity index is 272. The third-order valence-electron chi connectivity index (χ3n) is 2.25. The lowest BCUT2D eigenvalue weighted by Crippen LogP contribution is -2.29. The topological polar surface area (TPSA) is 12.0 Å². The number of nitrogens with one attached hydrogen (secondary N) is 1. The van der Waals surface area contributed by atoms with E-state index in [1.165, 1.54) is 12.1 Å². The molecule has 0 fully saturated rings. The molecule has 3 heteroatoms. The van der Waals surface area contributed by atoms with Crippen molar-refractivity contribution < 1.29 is 8.78 Å². The molecule has 1 aromatic carbocycles. The Morgan fingerprint density at radius 2 is 1.86 bits per heavy atom. The number of rotatable bonds is 4. The summed E-state index contributed by atoms with van der Waals surface area (Å²) in [6.45, 7) is 1.75. The van der Waals surface area contributed by atoms with Crippen LogP contribution in [-0.4, -0.2) is 13.1 Å². The van der Waals surface area contributed by atoms with Crippen molar-refractivity contribution in [1.82, 2.24) is 5.32 Å². The first-order valence-electron chi connectivity index (χ1n) is 4.67. The van der Waals surface area contributed by atoms with Gasteiger partial charge in [-0.1, -0.05) is 30.3 Å². The highest BCUT2D eigenvalue weighted by molar-refractivity contribution is 5.20. The number of benzene rings is 1. The van der Waals surface area contributed by atoms with Crippen LogP contribution >= 0.6 is 0 Å². The molecule has 1 unspecified atom stereocenters. The van der Waals surface area contributed by atoms with Crippen LogP contribution in [0.3, 0.4) is 0 Å². The van der Waals surface area contributed by atoms with Gasteiger partial charge >= 0.3 is 0 Å². The minimum Gasteiger partial charge on any atom is -0.317 e. The Morgan fingerprint density at radius 1 is 1.29 bits per heavy atom. The second-order valence-corrected chi connectivity index (χ2v) is 3.46. The molecule has 0 bridgehead atoms. The van der Waals surface area contributed by atoms with Gasteiger partial charge in [-0.2, -0.15) is 0 Å². The molecule has 1 nitrogen and oxygen atoms in total. The van der Waals surface area contributed by atoms with Gasteiger partial charge in [0.25, 0.3) is 5.92 Å². The van der Waals surface area contributed by atoms with Crippen LogP contribution in [0.4, 0.5) is 8.78 Å². The van der Waals surface area contributed by atoms with Crippen LogP contribution in [-0.2, 0) is 5.92 Å². The molecule has 0 heterocycles. The molecular weight excluding hydrogens is 184 g/mol. The van der Waals surface area contributed by atoms with Crippen molar-refractivity contribution in [2.75, 3.05) is 7.05 Å². The average Bonchev–Trinajstić information content (AvgIpc) is 2.18. The zero-order valence-corrected chi connectivity index (χ0v) is 8.43. The van der Waals surface area contributed by atoms with Gasteiger partial charge in [0.2, 0.25) is 0 Å². The van der Waals surface area contributed by atoms with Crippen molar-refractivity contribution >= 4 is 0 Å². The quantitative estimate of drug-likeness (QED) is 0.786. The highest BCUT2D eigenvalue weighted by atomic mass is 19.3. The van der Waals surface area contributed by atoms with Crippen LogP contribution in [0.1, 0.15) is 18.9 Å². The molecule has 0 aliphatic heterocycles. The lowest BCUT2D eigenvalue weighted by Gasteiger charge is -2.20. The molecule has 1 N–H and O–H groups in total. The lowest BCUT2D eigenvalue weighted by atomic mass is 10.0. The zero-order chi connectivity index (χ0) is 10.6. The molecule has 0 aromatic heterocycles. The van der Waals surface area contributed by atoms with Crippen molar-refractivity contribution in [2.24, 2.45) is 0 Å². The molecule has 0 saturated heterocycles. The largest absolute Gasteiger partial charge is 0.317 e. The molecule has 0 aliphatic rings. The predicted molar refractivity (Wildman–Crippen MR) is 53.5 cm³/mol. The van der Waals surface area contributed by atoms with Gasteiger partial charge < -0.3 is 5.32 Å². The van der Waals surface area contributed by atoms with Crippen LogP contribution in [0, 0.1) is 0 Å². The van der Waals surface area contributed by atoms with E-state index in [0.29, 0.717) is 0 Å². The summed E-state index contributed by atoms with van der Waals surface area (Å²) in [5.41, 5.74) is 0.0853. The minimum absolute atomic E-state index is 0.0853. The molecule has 1 rings (SSSR count). The third kappa shape index (κ3) is 2.77. The Kier molecular flexibility index (Phi) is 3.58. The Labute approximate surface area is 83.1 Å². The molecule has 0 spiro atoms. The maximum absolute atomic E-state index is 13.6. The molecular formula is C11H15F2N. The molecule has 0 aliphatic carbocycles. The van der Waals surface area contributed by atoms with Crippen LogP contribution < -0.4 is 5.32 Å². The minimum atomic E-state index is -2.75. The standard InChI is InChI=1S/C11H15F2N/c1-9(14-2)8-11(12,13)10-6-4-3-5-7-10/h3-7,9,14H,8H2,1-2H3. The molecule has 1 atom stereocenters. The van der Waals surface area contributed by atoms with Crippen molar-refractivity contribution in [3.63, 3.8) is 0 Å². The van der Waals surface area contributed by atoms with Gasteiger partial charge in [-0.25, -0.2) is 8.78 Å². The van der Waals surface area contributed by atoms with Crippen molar-refractivity contribution in [3.05, 3.63) is 35.9 Å². The zero-order valence-electron chi connectivity index (χ0n) is 8.43. The fourth-order valence-electron chi connectivity index (χ4n) is 1.29. The van der Waals surface area contributed by atoms with Crippen LogP contribution in [0.15, 0.2) is 30.3 Å². The van der Waals surface area contributed by atoms with Gasteiger partial charge in [0, 0.05) is 18.0 Å². The van der Waals surface area contributed by atoms with Gasteiger partial charge in [0.15, 0.2) is 0 Å². The van der Waals surface area contributed by atoms with Crippen LogP contribution in [0.2, 0.25) is 0 Å². The average molecular weight is 199 g/mol. The highest BCUT2D eigenvalue weighted by Gasteiger charge is 2.32. The van der Waals surface area contributed by atoms with Crippen LogP contribution in [0.5, 0.6) is 0 Å². The molecule has 0 amide bonds. The molecule has 0 radical (unpaired) electrons. The van der Waals surface area contributed by atoms with E-state index in [1.807, 2.05) is 0 Å². The predicted octanol–water partition coefficient (Wildman–Crippen LogP) is 2.78. The van der Waals surface area contributed by atoms with E-state index in [-0.39, 0.29) is 18.0 Å². The molecule has 1 aromatic rings. The SMILES string of the molecule is CNC(C)CC(F)(F)c1ccccc1. The summed E-state index contributed by atoms with van der Waals surface area (Å²) in [5, 5.41) is 2.81. The van der Waals surface area contributed by atoms with Gasteiger partial charge in [-0.15, -0.1) is 0 Å². The van der Waals surface area contributed by atoms with E-state index in [1.54, 1.807) is 32.2 Å². The number of hydrogen-bond acceptors (Lipinski definition) is 1. The van der Waals surface area contributed by atoms with Crippen molar-refractivity contribution in [3.8, 4) is 0 Å². The Morgan fingerprint density at radius 3 is 2.36 bits per heavy atom. The van der Waals surface area contributed by atoms with Gasteiger partial charge in [0.1, 0.15) is 0 Å². The smallest absolute Gasteiger partial charge is 0.274 e. The summed E-state index contributed by atoms with van der Waals surface area (Å²) in [6, 6.07) is 7.73. The van der Waals surface area contributed by atoms with E-state index in [2.05, 4.69) is 5.32 Å². The van der Waals surface area contributed by atoms with Gasteiger partial charge in [-0.3, -0.25) is 0 Å². The molecule has 14 heavy (non-hydrogen) atoms. The lowest BCUT2D eigenvalue weighted by molar-refractivity contribution is -0.0207. The maximum atomic E-state index is 13.6. The first-order valence-corrected chi connectivity index (χ1v) is 4.67. The molecule has 0 saturated carbocycles. The van der Waals surface area contributed by atoms with Crippen molar-refractivity contribution in [2.45, 2.75) is 25.3 Å². The Hall–Kier alpha value is -0.960. The number of alkyl halides is 2. The van der Waals surface area contributed by atoms with Crippen molar-refractivity contribution in [1.29, 1.82) is 0 Å². The van der Waals surface area contributed by atoms with Gasteiger partial charge in [0.05, 0.1) is 0 Å². The summed E-state index contributed by atoms with van der Waals surface area (Å²) in [5.74, 6) is -2.75. The Balaban J connectivity index is 2.75. The first kappa shape index (κ1) is 11.1. The molecule has 78 valence electrons. The number of hydrogen-bond donors (Lipinski definition) is 1. The summed E-state index contributed by atoms with van der Waals surface area (Å²) in [4.78, 5) is 0. The summed E-state index contributed by atoms with van der Waals surface area (Å²) in [6.07, 6.45) is -0.173. The van der Waals surface area contributed by atoms with E-state index >= 15 is 0 Å². The van der Waals surface area contributed by atoms with E-state index in [9.17, 15) is 8.78 Å². The first-order chi connectivity index (χ1) is 6.56.